The zero-order chi connectivity index (χ0) is 28.1. The van der Waals surface area contributed by atoms with E-state index in [4.69, 9.17) is 14.2 Å². The van der Waals surface area contributed by atoms with Crippen molar-refractivity contribution in [3.8, 4) is 17.2 Å². The summed E-state index contributed by atoms with van der Waals surface area (Å²) < 4.78 is 18.7. The second-order valence-electron chi connectivity index (χ2n) is 10.1. The normalized spacial score (nSPS) is 20.0. The van der Waals surface area contributed by atoms with Gasteiger partial charge in [0.15, 0.2) is 11.5 Å². The molecule has 4 heterocycles. The number of aromatic nitrogens is 3. The van der Waals surface area contributed by atoms with Gasteiger partial charge in [-0.2, -0.15) is 0 Å². The number of anilines is 1. The fourth-order valence-electron chi connectivity index (χ4n) is 5.74. The number of carbonyl (C=O) groups excluding carboxylic acids is 1. The van der Waals surface area contributed by atoms with Crippen molar-refractivity contribution in [2.45, 2.75) is 44.7 Å². The van der Waals surface area contributed by atoms with Crippen LogP contribution in [0.25, 0.3) is 0 Å². The summed E-state index contributed by atoms with van der Waals surface area (Å²) in [6.07, 6.45) is 11.0. The third-order valence-corrected chi connectivity index (χ3v) is 7.72. The summed E-state index contributed by atoms with van der Waals surface area (Å²) in [5, 5.41) is 10.5. The average Bonchev–Trinajstić information content (AvgIpc) is 3.72. The molecule has 40 heavy (non-hydrogen) atoms. The molecule has 1 N–H and O–H groups in total. The van der Waals surface area contributed by atoms with E-state index in [2.05, 4.69) is 16.9 Å². The van der Waals surface area contributed by atoms with E-state index in [0.29, 0.717) is 43.3 Å². The molecule has 0 aliphatic carbocycles. The highest BCUT2D eigenvalue weighted by atomic mass is 16.7. The van der Waals surface area contributed by atoms with Gasteiger partial charge in [-0.3, -0.25) is 19.5 Å². The van der Waals surface area contributed by atoms with Crippen molar-refractivity contribution in [2.24, 2.45) is 5.92 Å². The van der Waals surface area contributed by atoms with Crippen molar-refractivity contribution in [2.75, 3.05) is 38.4 Å². The molecule has 1 unspecified atom stereocenters. The van der Waals surface area contributed by atoms with Gasteiger partial charge in [-0.1, -0.05) is 13.3 Å². The van der Waals surface area contributed by atoms with Gasteiger partial charge in [0.25, 0.3) is 0 Å². The van der Waals surface area contributed by atoms with E-state index in [1.54, 1.807) is 36.9 Å². The maximum atomic E-state index is 13.8. The summed E-state index contributed by atoms with van der Waals surface area (Å²) in [5.74, 6) is -0.564. The molecule has 11 heteroatoms. The van der Waals surface area contributed by atoms with Crippen LogP contribution in [0.3, 0.4) is 0 Å². The molecule has 5 rings (SSSR count). The highest BCUT2D eigenvalue weighted by Crippen LogP contribution is 2.47. The van der Waals surface area contributed by atoms with Gasteiger partial charge < -0.3 is 28.8 Å². The van der Waals surface area contributed by atoms with E-state index < -0.39 is 11.9 Å². The number of carbonyl (C=O) groups is 2. The zero-order valence-electron chi connectivity index (χ0n) is 22.8. The molecule has 1 aromatic carbocycles. The molecule has 2 aliphatic heterocycles. The first-order chi connectivity index (χ1) is 19.5. The first-order valence-electron chi connectivity index (χ1n) is 13.6. The Morgan fingerprint density at radius 2 is 2.10 bits per heavy atom. The third kappa shape index (κ3) is 5.74. The molecule has 11 nitrogen and oxygen atoms in total. The van der Waals surface area contributed by atoms with Gasteiger partial charge in [0.05, 0.1) is 37.8 Å². The van der Waals surface area contributed by atoms with Crippen LogP contribution in [0.15, 0.2) is 55.4 Å². The Morgan fingerprint density at radius 1 is 1.23 bits per heavy atom. The smallest absolute Gasteiger partial charge is 0.308 e. The second kappa shape index (κ2) is 12.4. The Kier molecular flexibility index (Phi) is 8.49. The topological polar surface area (TPSA) is 119 Å². The summed E-state index contributed by atoms with van der Waals surface area (Å²) in [4.78, 5) is 38.7. The van der Waals surface area contributed by atoms with Crippen LogP contribution in [0.4, 0.5) is 5.69 Å². The number of unbranched alkanes of at least 4 members (excludes halogenated alkanes) is 1. The molecule has 1 fully saturated rings. The zero-order valence-corrected chi connectivity index (χ0v) is 22.8. The van der Waals surface area contributed by atoms with Crippen LogP contribution in [-0.4, -0.2) is 76.0 Å². The summed E-state index contributed by atoms with van der Waals surface area (Å²) >= 11 is 0. The van der Waals surface area contributed by atoms with Crippen molar-refractivity contribution < 1.29 is 28.9 Å². The van der Waals surface area contributed by atoms with Crippen molar-refractivity contribution >= 4 is 17.6 Å². The number of pyridine rings is 1. The number of hydrogen-bond donors (Lipinski definition) is 1. The summed E-state index contributed by atoms with van der Waals surface area (Å²) in [7, 11) is 1.55. The van der Waals surface area contributed by atoms with E-state index in [0.717, 1.165) is 24.1 Å². The van der Waals surface area contributed by atoms with E-state index >= 15 is 0 Å². The van der Waals surface area contributed by atoms with Gasteiger partial charge in [-0.05, 0) is 42.7 Å². The SMILES string of the molecule is CCCCN(C(=O)CN1C[C@H](c2cc(OC)c3c(c2)OCO3)C(C(=O)O)[C@@H]1CCn1ccnc1)c1cccnc1. The summed E-state index contributed by atoms with van der Waals surface area (Å²) in [6, 6.07) is 6.98. The molecule has 3 aromatic rings. The molecule has 3 atom stereocenters. The highest BCUT2D eigenvalue weighted by Gasteiger charge is 2.47. The first kappa shape index (κ1) is 27.4. The molecule has 212 valence electrons. The summed E-state index contributed by atoms with van der Waals surface area (Å²) in [5.41, 5.74) is 1.52. The van der Waals surface area contributed by atoms with Crippen LogP contribution in [0, 0.1) is 5.92 Å². The molecule has 1 amide bonds. The van der Waals surface area contributed by atoms with Crippen molar-refractivity contribution in [3.63, 3.8) is 0 Å². The molecule has 2 aromatic heterocycles. The number of hydrogen-bond acceptors (Lipinski definition) is 8. The van der Waals surface area contributed by atoms with Crippen molar-refractivity contribution in [1.82, 2.24) is 19.4 Å². The minimum atomic E-state index is -0.901. The number of benzene rings is 1. The third-order valence-electron chi connectivity index (χ3n) is 7.72. The minimum absolute atomic E-state index is 0.0814. The van der Waals surface area contributed by atoms with Crippen LogP contribution in [0.5, 0.6) is 17.2 Å². The number of fused-ring (bicyclic) bond motifs is 1. The predicted molar refractivity (Wildman–Crippen MR) is 147 cm³/mol. The second-order valence-corrected chi connectivity index (χ2v) is 10.1. The van der Waals surface area contributed by atoms with E-state index in [1.165, 1.54) is 0 Å². The quantitative estimate of drug-likeness (QED) is 0.362. The standard InChI is InChI=1S/C29H35N5O6/c1-3-4-10-34(21-6-5-8-30-15-21)26(35)17-33-16-22(20-13-24(38-2)28-25(14-20)39-19-40-28)27(29(36)37)23(33)7-11-32-12-9-31-18-32/h5-6,8-9,12-15,18,22-23,27H,3-4,7,10-11,16-17,19H2,1-2H3,(H,36,37)/t22-,23+,27?/m1/s1. The molecule has 0 saturated carbocycles. The number of amides is 1. The fourth-order valence-corrected chi connectivity index (χ4v) is 5.74. The number of imidazole rings is 1. The number of rotatable bonds is 12. The number of methoxy groups -OCH3 is 1. The summed E-state index contributed by atoms with van der Waals surface area (Å²) in [6.45, 7) is 3.81. The molecule has 0 bridgehead atoms. The van der Waals surface area contributed by atoms with Crippen LogP contribution in [0.2, 0.25) is 0 Å². The lowest BCUT2D eigenvalue weighted by Gasteiger charge is -2.29. The Morgan fingerprint density at radius 3 is 2.80 bits per heavy atom. The highest BCUT2D eigenvalue weighted by molar-refractivity contribution is 5.94. The van der Waals surface area contributed by atoms with Crippen molar-refractivity contribution in [1.29, 1.82) is 0 Å². The molecular formula is C29H35N5O6. The molecular weight excluding hydrogens is 514 g/mol. The van der Waals surface area contributed by atoms with Gasteiger partial charge in [0.1, 0.15) is 0 Å². The van der Waals surface area contributed by atoms with Gasteiger partial charge in [0.2, 0.25) is 18.4 Å². The number of nitrogens with zero attached hydrogens (tertiary/aromatic N) is 5. The number of carboxylic acids is 1. The molecule has 0 radical (unpaired) electrons. The Balaban J connectivity index is 1.46. The van der Waals surface area contributed by atoms with Crippen LogP contribution >= 0.6 is 0 Å². The maximum Gasteiger partial charge on any atom is 0.308 e. The first-order valence-corrected chi connectivity index (χ1v) is 13.6. The Bertz CT molecular complexity index is 1300. The van der Waals surface area contributed by atoms with E-state index in [1.807, 2.05) is 39.9 Å². The lowest BCUT2D eigenvalue weighted by atomic mass is 9.84. The van der Waals surface area contributed by atoms with Gasteiger partial charge in [-0.15, -0.1) is 0 Å². The Hall–Kier alpha value is -4.12. The molecule has 1 saturated heterocycles. The van der Waals surface area contributed by atoms with Crippen LogP contribution in [0.1, 0.15) is 37.7 Å². The number of ether oxygens (including phenoxy) is 3. The number of aliphatic carboxylic acids is 1. The molecule has 0 spiro atoms. The predicted octanol–water partition coefficient (Wildman–Crippen LogP) is 3.41. The number of aryl methyl sites for hydroxylation is 1. The average molecular weight is 550 g/mol. The lowest BCUT2D eigenvalue weighted by molar-refractivity contribution is -0.143. The van der Waals surface area contributed by atoms with E-state index in [9.17, 15) is 14.7 Å². The van der Waals surface area contributed by atoms with Gasteiger partial charge >= 0.3 is 5.97 Å². The lowest BCUT2D eigenvalue weighted by Crippen LogP contribution is -2.45. The van der Waals surface area contributed by atoms with E-state index in [-0.39, 0.29) is 31.2 Å². The van der Waals surface area contributed by atoms with Gasteiger partial charge in [-0.25, -0.2) is 4.98 Å². The molecule has 2 aliphatic rings. The number of carboxylic acid groups (broad SMARTS) is 1. The fraction of sp³-hybridized carbons (Fsp3) is 0.448. The maximum absolute atomic E-state index is 13.8. The van der Waals surface area contributed by atoms with Gasteiger partial charge in [0, 0.05) is 50.2 Å². The Labute approximate surface area is 233 Å². The van der Waals surface area contributed by atoms with Crippen molar-refractivity contribution in [3.05, 3.63) is 60.9 Å². The largest absolute Gasteiger partial charge is 0.493 e. The van der Waals surface area contributed by atoms with Crippen LogP contribution in [-0.2, 0) is 16.1 Å². The monoisotopic (exact) mass is 549 g/mol. The van der Waals surface area contributed by atoms with Crippen LogP contribution < -0.4 is 19.1 Å². The minimum Gasteiger partial charge on any atom is -0.493 e. The number of likely N-dealkylation sites (tertiary alicyclic amines) is 1.